The molecular weight excluding hydrogens is 232 g/mol. The number of hydrogen-bond donors (Lipinski definition) is 2. The number of benzene rings is 1. The van der Waals surface area contributed by atoms with Gasteiger partial charge in [-0.15, -0.1) is 0 Å². The fraction of sp³-hybridized carbons (Fsp3) is 0.400. The van der Waals surface area contributed by atoms with Gasteiger partial charge in [-0.3, -0.25) is 10.1 Å². The van der Waals surface area contributed by atoms with Crippen LogP contribution in [0.3, 0.4) is 0 Å². The van der Waals surface area contributed by atoms with Crippen LogP contribution in [-0.4, -0.2) is 22.7 Å². The summed E-state index contributed by atoms with van der Waals surface area (Å²) in [5.74, 6) is 0. The van der Waals surface area contributed by atoms with E-state index in [1.54, 1.807) is 12.1 Å². The van der Waals surface area contributed by atoms with Gasteiger partial charge in [0.15, 0.2) is 0 Å². The van der Waals surface area contributed by atoms with Crippen LogP contribution in [0.25, 0.3) is 0 Å². The van der Waals surface area contributed by atoms with Crippen LogP contribution in [0.1, 0.15) is 13.3 Å². The highest BCUT2D eigenvalue weighted by molar-refractivity contribution is 6.30. The zero-order chi connectivity index (χ0) is 12.1. The van der Waals surface area contributed by atoms with Gasteiger partial charge in [0.05, 0.1) is 11.5 Å². The maximum Gasteiger partial charge on any atom is 0.293 e. The van der Waals surface area contributed by atoms with Crippen molar-refractivity contribution in [2.24, 2.45) is 0 Å². The summed E-state index contributed by atoms with van der Waals surface area (Å²) in [5.41, 5.74) is 0.287. The molecule has 1 aromatic carbocycles. The van der Waals surface area contributed by atoms with Crippen LogP contribution < -0.4 is 5.32 Å². The summed E-state index contributed by atoms with van der Waals surface area (Å²) in [4.78, 5) is 10.3. The van der Waals surface area contributed by atoms with Crippen molar-refractivity contribution in [2.75, 3.05) is 11.9 Å². The molecule has 0 fully saturated rings. The van der Waals surface area contributed by atoms with Gasteiger partial charge in [-0.25, -0.2) is 0 Å². The summed E-state index contributed by atoms with van der Waals surface area (Å²) in [6, 6.07) is 4.20. The molecule has 0 spiro atoms. The number of rotatable bonds is 5. The lowest BCUT2D eigenvalue weighted by molar-refractivity contribution is -0.384. The fourth-order valence-electron chi connectivity index (χ4n) is 1.27. The SMILES string of the molecule is CCC(CO)Nc1ccc(Cl)cc1[N+](=O)[O-]. The number of aliphatic hydroxyl groups is 1. The molecule has 0 aromatic heterocycles. The second-order valence-corrected chi connectivity index (χ2v) is 3.79. The van der Waals surface area contributed by atoms with E-state index in [0.29, 0.717) is 17.1 Å². The van der Waals surface area contributed by atoms with E-state index < -0.39 is 4.92 Å². The third kappa shape index (κ3) is 3.08. The molecule has 0 bridgehead atoms. The maximum absolute atomic E-state index is 10.8. The topological polar surface area (TPSA) is 75.4 Å². The lowest BCUT2D eigenvalue weighted by atomic mass is 10.2. The number of anilines is 1. The Morgan fingerprint density at radius 2 is 2.31 bits per heavy atom. The van der Waals surface area contributed by atoms with Crippen LogP contribution in [0.2, 0.25) is 5.02 Å². The van der Waals surface area contributed by atoms with Gasteiger partial charge < -0.3 is 10.4 Å². The minimum absolute atomic E-state index is 0.0731. The van der Waals surface area contributed by atoms with E-state index in [9.17, 15) is 10.1 Å². The summed E-state index contributed by atoms with van der Waals surface area (Å²) in [6.07, 6.45) is 0.677. The first-order chi connectivity index (χ1) is 7.58. The summed E-state index contributed by atoms with van der Waals surface area (Å²) in [6.45, 7) is 1.81. The number of nitrogens with zero attached hydrogens (tertiary/aromatic N) is 1. The van der Waals surface area contributed by atoms with Gasteiger partial charge in [-0.1, -0.05) is 18.5 Å². The van der Waals surface area contributed by atoms with Crippen molar-refractivity contribution in [2.45, 2.75) is 19.4 Å². The summed E-state index contributed by atoms with van der Waals surface area (Å²) in [5, 5.41) is 23.0. The van der Waals surface area contributed by atoms with Crippen molar-refractivity contribution < 1.29 is 10.0 Å². The molecule has 5 nitrogen and oxygen atoms in total. The van der Waals surface area contributed by atoms with E-state index >= 15 is 0 Å². The van der Waals surface area contributed by atoms with Crippen LogP contribution in [0.4, 0.5) is 11.4 Å². The van der Waals surface area contributed by atoms with E-state index in [1.165, 1.54) is 6.07 Å². The molecule has 0 aliphatic heterocycles. The number of nitro groups is 1. The molecule has 0 radical (unpaired) electrons. The van der Waals surface area contributed by atoms with Gasteiger partial charge in [0, 0.05) is 17.1 Å². The van der Waals surface area contributed by atoms with Gasteiger partial charge >= 0.3 is 0 Å². The molecule has 0 aliphatic carbocycles. The Morgan fingerprint density at radius 3 is 2.81 bits per heavy atom. The molecule has 2 N–H and O–H groups in total. The molecule has 1 aromatic rings. The first-order valence-electron chi connectivity index (χ1n) is 4.89. The van der Waals surface area contributed by atoms with Gasteiger partial charge in [-0.05, 0) is 18.6 Å². The second kappa shape index (κ2) is 5.67. The monoisotopic (exact) mass is 244 g/mol. The molecule has 0 saturated carbocycles. The van der Waals surface area contributed by atoms with Crippen molar-refractivity contribution in [1.29, 1.82) is 0 Å². The molecular formula is C10H13ClN2O3. The number of nitrogens with one attached hydrogen (secondary N) is 1. The quantitative estimate of drug-likeness (QED) is 0.616. The highest BCUT2D eigenvalue weighted by Crippen LogP contribution is 2.28. The average Bonchev–Trinajstić information content (AvgIpc) is 2.27. The Balaban J connectivity index is 2.98. The molecule has 0 saturated heterocycles. The van der Waals surface area contributed by atoms with Crippen LogP contribution in [0.15, 0.2) is 18.2 Å². The predicted octanol–water partition coefficient (Wildman–Crippen LogP) is 2.43. The molecule has 0 amide bonds. The number of halogens is 1. The fourth-order valence-corrected chi connectivity index (χ4v) is 1.44. The second-order valence-electron chi connectivity index (χ2n) is 3.35. The van der Waals surface area contributed by atoms with E-state index in [4.69, 9.17) is 16.7 Å². The van der Waals surface area contributed by atoms with Crippen molar-refractivity contribution in [3.63, 3.8) is 0 Å². The number of aliphatic hydroxyl groups excluding tert-OH is 1. The lowest BCUT2D eigenvalue weighted by Crippen LogP contribution is -2.23. The Bertz CT molecular complexity index is 380. The van der Waals surface area contributed by atoms with Crippen molar-refractivity contribution in [1.82, 2.24) is 0 Å². The molecule has 88 valence electrons. The Morgan fingerprint density at radius 1 is 1.62 bits per heavy atom. The molecule has 0 aliphatic rings. The highest BCUT2D eigenvalue weighted by Gasteiger charge is 2.16. The van der Waals surface area contributed by atoms with Gasteiger partial charge in [0.2, 0.25) is 0 Å². The van der Waals surface area contributed by atoms with E-state index in [0.717, 1.165) is 0 Å². The average molecular weight is 245 g/mol. The van der Waals surface area contributed by atoms with E-state index in [-0.39, 0.29) is 18.3 Å². The molecule has 1 unspecified atom stereocenters. The minimum atomic E-state index is -0.502. The Kier molecular flexibility index (Phi) is 4.52. The van der Waals surface area contributed by atoms with Crippen molar-refractivity contribution >= 4 is 23.0 Å². The predicted molar refractivity (Wildman–Crippen MR) is 62.9 cm³/mol. The third-order valence-electron chi connectivity index (χ3n) is 2.23. The molecule has 16 heavy (non-hydrogen) atoms. The van der Waals surface area contributed by atoms with Crippen LogP contribution >= 0.6 is 11.6 Å². The van der Waals surface area contributed by atoms with Gasteiger partial charge in [-0.2, -0.15) is 0 Å². The van der Waals surface area contributed by atoms with Crippen LogP contribution in [-0.2, 0) is 0 Å². The first kappa shape index (κ1) is 12.7. The zero-order valence-corrected chi connectivity index (χ0v) is 9.57. The van der Waals surface area contributed by atoms with Crippen LogP contribution in [0.5, 0.6) is 0 Å². The standard InChI is InChI=1S/C10H13ClN2O3/c1-2-8(6-14)12-9-4-3-7(11)5-10(9)13(15)16/h3-5,8,12,14H,2,6H2,1H3. The third-order valence-corrected chi connectivity index (χ3v) is 2.46. The first-order valence-corrected chi connectivity index (χ1v) is 5.27. The largest absolute Gasteiger partial charge is 0.394 e. The Hall–Kier alpha value is -1.33. The molecule has 0 heterocycles. The van der Waals surface area contributed by atoms with E-state index in [2.05, 4.69) is 5.32 Å². The van der Waals surface area contributed by atoms with E-state index in [1.807, 2.05) is 6.92 Å². The smallest absolute Gasteiger partial charge is 0.293 e. The molecule has 1 atom stereocenters. The zero-order valence-electron chi connectivity index (χ0n) is 8.81. The number of nitro benzene ring substituents is 1. The minimum Gasteiger partial charge on any atom is -0.394 e. The van der Waals surface area contributed by atoms with Crippen LogP contribution in [0, 0.1) is 10.1 Å². The Labute approximate surface area is 98.2 Å². The number of hydrogen-bond acceptors (Lipinski definition) is 4. The van der Waals surface area contributed by atoms with Crippen molar-refractivity contribution in [3.8, 4) is 0 Å². The molecule has 6 heteroatoms. The highest BCUT2D eigenvalue weighted by atomic mass is 35.5. The lowest BCUT2D eigenvalue weighted by Gasteiger charge is -2.15. The van der Waals surface area contributed by atoms with Gasteiger partial charge in [0.1, 0.15) is 5.69 Å². The summed E-state index contributed by atoms with van der Waals surface area (Å²) >= 11 is 5.68. The van der Waals surface area contributed by atoms with Gasteiger partial charge in [0.25, 0.3) is 5.69 Å². The summed E-state index contributed by atoms with van der Waals surface area (Å²) < 4.78 is 0. The normalized spacial score (nSPS) is 12.2. The van der Waals surface area contributed by atoms with Crippen molar-refractivity contribution in [3.05, 3.63) is 33.3 Å². The molecule has 1 rings (SSSR count). The maximum atomic E-state index is 10.8. The summed E-state index contributed by atoms with van der Waals surface area (Å²) in [7, 11) is 0.